The standard InChI is InChI=1S/C30H34F3N5O5S/c1-28(2)12-10-20-5-4-17-42-21-6-3-7-22(19-21)44(40,41)36-27(39)23-8-9-24(34-26(23)38(20)28)37-16-11-25(35-37)43-18-15-29(13-14-29)30(31,32)33/h3,6-9,11,16,19-20H,4-5,10,12-15,17-18H2,1-2H3,(H,36,39). The highest BCUT2D eigenvalue weighted by molar-refractivity contribution is 7.90. The first-order chi connectivity index (χ1) is 20.8. The van der Waals surface area contributed by atoms with E-state index in [9.17, 15) is 26.4 Å². The predicted octanol–water partition coefficient (Wildman–Crippen LogP) is 5.42. The lowest BCUT2D eigenvalue weighted by molar-refractivity contribution is -0.190. The number of anilines is 1. The lowest BCUT2D eigenvalue weighted by Crippen LogP contribution is -2.45. The molecule has 3 aliphatic rings. The Morgan fingerprint density at radius 3 is 2.66 bits per heavy atom. The van der Waals surface area contributed by atoms with Crippen LogP contribution < -0.4 is 19.1 Å². The molecule has 44 heavy (non-hydrogen) atoms. The van der Waals surface area contributed by atoms with Crippen LogP contribution in [-0.2, 0) is 10.0 Å². The molecule has 1 saturated carbocycles. The Labute approximate surface area is 253 Å². The molecular formula is C30H34F3N5O5S. The molecule has 1 amide bonds. The van der Waals surface area contributed by atoms with Gasteiger partial charge in [-0.3, -0.25) is 4.79 Å². The third kappa shape index (κ3) is 5.83. The van der Waals surface area contributed by atoms with Crippen molar-refractivity contribution in [2.45, 2.75) is 81.4 Å². The minimum absolute atomic E-state index is 0.00803. The number of pyridine rings is 1. The fourth-order valence-electron chi connectivity index (χ4n) is 6.09. The third-order valence-corrected chi connectivity index (χ3v) is 10.1. The number of ether oxygens (including phenoxy) is 2. The highest BCUT2D eigenvalue weighted by atomic mass is 32.2. The largest absolute Gasteiger partial charge is 0.494 e. The van der Waals surface area contributed by atoms with Crippen LogP contribution in [0.1, 0.15) is 69.2 Å². The van der Waals surface area contributed by atoms with Gasteiger partial charge in [-0.05, 0) is 83.1 Å². The molecule has 6 rings (SSSR count). The lowest BCUT2D eigenvalue weighted by Gasteiger charge is -2.38. The molecule has 14 heteroatoms. The summed E-state index contributed by atoms with van der Waals surface area (Å²) in [6, 6.07) is 10.6. The average Bonchev–Trinajstić information content (AvgIpc) is 3.51. The minimum Gasteiger partial charge on any atom is -0.494 e. The van der Waals surface area contributed by atoms with E-state index in [0.717, 1.165) is 19.3 Å². The molecule has 2 fully saturated rings. The molecule has 2 aromatic heterocycles. The van der Waals surface area contributed by atoms with Gasteiger partial charge in [-0.1, -0.05) is 6.07 Å². The minimum atomic E-state index is -4.25. The summed E-state index contributed by atoms with van der Waals surface area (Å²) in [7, 11) is -4.23. The molecule has 10 nitrogen and oxygen atoms in total. The Kier molecular flexibility index (Phi) is 7.53. The number of amides is 1. The van der Waals surface area contributed by atoms with Crippen molar-refractivity contribution in [3.8, 4) is 17.4 Å². The Morgan fingerprint density at radius 1 is 1.11 bits per heavy atom. The molecule has 2 aliphatic heterocycles. The monoisotopic (exact) mass is 633 g/mol. The maximum absolute atomic E-state index is 13.6. The van der Waals surface area contributed by atoms with Crippen molar-refractivity contribution in [1.29, 1.82) is 0 Å². The summed E-state index contributed by atoms with van der Waals surface area (Å²) in [5.74, 6) is 0.375. The molecule has 236 valence electrons. The van der Waals surface area contributed by atoms with Gasteiger partial charge in [-0.15, -0.1) is 5.10 Å². The first-order valence-corrected chi connectivity index (χ1v) is 16.1. The molecular weight excluding hydrogens is 599 g/mol. The van der Waals surface area contributed by atoms with Gasteiger partial charge in [0.05, 0.1) is 29.1 Å². The van der Waals surface area contributed by atoms with Crippen molar-refractivity contribution >= 4 is 21.7 Å². The number of hydrogen-bond acceptors (Lipinski definition) is 8. The van der Waals surface area contributed by atoms with Crippen LogP contribution in [0.2, 0.25) is 0 Å². The average molecular weight is 634 g/mol. The second-order valence-electron chi connectivity index (χ2n) is 12.3. The number of benzene rings is 1. The van der Waals surface area contributed by atoms with Crippen LogP contribution in [0.15, 0.2) is 53.6 Å². The van der Waals surface area contributed by atoms with E-state index in [1.54, 1.807) is 24.4 Å². The van der Waals surface area contributed by atoms with E-state index in [4.69, 9.17) is 14.5 Å². The van der Waals surface area contributed by atoms with Gasteiger partial charge in [0.2, 0.25) is 5.88 Å². The summed E-state index contributed by atoms with van der Waals surface area (Å²) in [5.41, 5.74) is -1.97. The van der Waals surface area contributed by atoms with E-state index in [-0.39, 0.29) is 48.3 Å². The molecule has 3 aromatic rings. The molecule has 1 saturated heterocycles. The van der Waals surface area contributed by atoms with Crippen LogP contribution >= 0.6 is 0 Å². The molecule has 1 unspecified atom stereocenters. The van der Waals surface area contributed by atoms with E-state index in [1.807, 2.05) is 0 Å². The quantitative estimate of drug-likeness (QED) is 0.396. The van der Waals surface area contributed by atoms with Gasteiger partial charge in [0.25, 0.3) is 15.9 Å². The normalized spacial score (nSPS) is 22.2. The summed E-state index contributed by atoms with van der Waals surface area (Å²) < 4.78 is 81.2. The number of rotatable bonds is 5. The molecule has 4 heterocycles. The van der Waals surface area contributed by atoms with E-state index < -0.39 is 33.1 Å². The number of carbonyl (C=O) groups excluding carboxylic acids is 1. The van der Waals surface area contributed by atoms with Crippen molar-refractivity contribution in [2.75, 3.05) is 18.1 Å². The van der Waals surface area contributed by atoms with Crippen molar-refractivity contribution in [2.24, 2.45) is 5.41 Å². The number of hydrogen-bond donors (Lipinski definition) is 1. The zero-order valence-corrected chi connectivity index (χ0v) is 25.2. The maximum Gasteiger partial charge on any atom is 0.394 e. The molecule has 0 radical (unpaired) electrons. The highest BCUT2D eigenvalue weighted by Gasteiger charge is 2.62. The Balaban J connectivity index is 1.32. The van der Waals surface area contributed by atoms with Crippen LogP contribution in [0.5, 0.6) is 11.6 Å². The van der Waals surface area contributed by atoms with Crippen molar-refractivity contribution in [3.63, 3.8) is 0 Å². The third-order valence-electron chi connectivity index (χ3n) is 8.82. The fraction of sp³-hybridized carbons (Fsp3) is 0.500. The van der Waals surface area contributed by atoms with E-state index >= 15 is 0 Å². The Bertz CT molecular complexity index is 1670. The number of aromatic nitrogens is 3. The summed E-state index contributed by atoms with van der Waals surface area (Å²) in [4.78, 5) is 20.4. The van der Waals surface area contributed by atoms with Gasteiger partial charge in [0.15, 0.2) is 5.82 Å². The Hall–Kier alpha value is -3.81. The molecule has 1 aromatic carbocycles. The van der Waals surface area contributed by atoms with E-state index in [2.05, 4.69) is 28.6 Å². The summed E-state index contributed by atoms with van der Waals surface area (Å²) >= 11 is 0. The van der Waals surface area contributed by atoms with Crippen LogP contribution in [0.3, 0.4) is 0 Å². The van der Waals surface area contributed by atoms with E-state index in [0.29, 0.717) is 30.4 Å². The number of halogens is 3. The smallest absolute Gasteiger partial charge is 0.394 e. The van der Waals surface area contributed by atoms with Crippen molar-refractivity contribution in [3.05, 3.63) is 54.2 Å². The van der Waals surface area contributed by atoms with Gasteiger partial charge < -0.3 is 14.4 Å². The SMILES string of the molecule is CC1(C)CCC2CCCOc3cccc(c3)S(=O)(=O)NC(=O)c3ccc(-n4ccc(OCCC5(C(F)(F)F)CC5)n4)nc3N21. The van der Waals surface area contributed by atoms with Crippen LogP contribution in [0.25, 0.3) is 5.82 Å². The second-order valence-corrected chi connectivity index (χ2v) is 14.0. The predicted molar refractivity (Wildman–Crippen MR) is 155 cm³/mol. The van der Waals surface area contributed by atoms with E-state index in [1.165, 1.54) is 28.9 Å². The van der Waals surface area contributed by atoms with Crippen LogP contribution in [-0.4, -0.2) is 60.1 Å². The van der Waals surface area contributed by atoms with Gasteiger partial charge in [-0.25, -0.2) is 22.8 Å². The number of sulfonamides is 1. The zero-order chi connectivity index (χ0) is 31.3. The van der Waals surface area contributed by atoms with Crippen LogP contribution in [0, 0.1) is 5.41 Å². The molecule has 2 bridgehead atoms. The Morgan fingerprint density at radius 2 is 1.91 bits per heavy atom. The lowest BCUT2D eigenvalue weighted by atomic mass is 10.0. The topological polar surface area (TPSA) is 116 Å². The zero-order valence-electron chi connectivity index (χ0n) is 24.4. The number of nitrogens with zero attached hydrogens (tertiary/aromatic N) is 4. The number of fused-ring (bicyclic) bond motifs is 5. The summed E-state index contributed by atoms with van der Waals surface area (Å²) in [5, 5.41) is 4.35. The molecule has 1 atom stereocenters. The van der Waals surface area contributed by atoms with Gasteiger partial charge in [0, 0.05) is 29.9 Å². The van der Waals surface area contributed by atoms with Crippen molar-refractivity contribution < 1.29 is 35.9 Å². The highest BCUT2D eigenvalue weighted by Crippen LogP contribution is 2.59. The van der Waals surface area contributed by atoms with Crippen molar-refractivity contribution in [1.82, 2.24) is 19.5 Å². The summed E-state index contributed by atoms with van der Waals surface area (Å²) in [6.45, 7) is 4.37. The maximum atomic E-state index is 13.6. The first-order valence-electron chi connectivity index (χ1n) is 14.6. The fourth-order valence-corrected chi connectivity index (χ4v) is 7.09. The molecule has 0 spiro atoms. The van der Waals surface area contributed by atoms with Crippen LogP contribution in [0.4, 0.5) is 19.0 Å². The van der Waals surface area contributed by atoms with Gasteiger partial charge in [0.1, 0.15) is 11.6 Å². The second kappa shape index (κ2) is 11.0. The number of alkyl halides is 3. The number of carbonyl (C=O) groups is 1. The van der Waals surface area contributed by atoms with Gasteiger partial charge in [-0.2, -0.15) is 13.2 Å². The summed E-state index contributed by atoms with van der Waals surface area (Å²) in [6.07, 6.45) is 0.517. The first kappa shape index (κ1) is 30.2. The number of nitrogens with one attached hydrogen (secondary N) is 1. The van der Waals surface area contributed by atoms with Gasteiger partial charge >= 0.3 is 6.18 Å². The molecule has 1 aliphatic carbocycles. The molecule has 1 N–H and O–H groups in total.